The smallest absolute Gasteiger partial charge is 0.238 e. The normalized spacial score (nSPS) is 31.6. The van der Waals surface area contributed by atoms with Crippen LogP contribution in [0.4, 0.5) is 0 Å². The first-order valence-electron chi connectivity index (χ1n) is 8.35. The van der Waals surface area contributed by atoms with Crippen molar-refractivity contribution in [2.24, 2.45) is 11.7 Å². The number of hydrogen-bond acceptors (Lipinski definition) is 3. The van der Waals surface area contributed by atoms with Gasteiger partial charge in [0, 0.05) is 6.61 Å². The first-order chi connectivity index (χ1) is 9.69. The molecule has 0 bridgehead atoms. The van der Waals surface area contributed by atoms with Crippen LogP contribution >= 0.6 is 0 Å². The Balaban J connectivity index is 1.82. The number of amides is 1. The molecule has 0 aliphatic heterocycles. The predicted molar refractivity (Wildman–Crippen MR) is 80.4 cm³/mol. The fraction of sp³-hybridized carbons (Fsp3) is 0.938. The summed E-state index contributed by atoms with van der Waals surface area (Å²) in [5.41, 5.74) is 5.20. The second kappa shape index (κ2) is 7.41. The van der Waals surface area contributed by atoms with Crippen LogP contribution in [0.2, 0.25) is 0 Å². The van der Waals surface area contributed by atoms with Crippen LogP contribution in [0, 0.1) is 5.92 Å². The maximum absolute atomic E-state index is 11.9. The van der Waals surface area contributed by atoms with Gasteiger partial charge in [-0.3, -0.25) is 4.79 Å². The number of nitrogens with one attached hydrogen (secondary N) is 1. The zero-order chi connectivity index (χ0) is 14.4. The van der Waals surface area contributed by atoms with E-state index in [2.05, 4.69) is 5.32 Å². The van der Waals surface area contributed by atoms with Crippen LogP contribution in [-0.2, 0) is 9.53 Å². The Hall–Kier alpha value is -0.610. The molecule has 0 spiro atoms. The van der Waals surface area contributed by atoms with Crippen molar-refractivity contribution >= 4 is 5.91 Å². The van der Waals surface area contributed by atoms with Crippen molar-refractivity contribution < 1.29 is 9.53 Å². The van der Waals surface area contributed by atoms with Crippen molar-refractivity contribution in [2.45, 2.75) is 76.4 Å². The molecule has 20 heavy (non-hydrogen) atoms. The van der Waals surface area contributed by atoms with Crippen molar-refractivity contribution in [3.05, 3.63) is 0 Å². The van der Waals surface area contributed by atoms with Crippen LogP contribution in [0.1, 0.15) is 64.7 Å². The highest BCUT2D eigenvalue weighted by Gasteiger charge is 2.46. The average Bonchev–Trinajstić information content (AvgIpc) is 2.85. The van der Waals surface area contributed by atoms with E-state index in [0.717, 1.165) is 38.8 Å². The third-order valence-corrected chi connectivity index (χ3v) is 5.12. The molecule has 116 valence electrons. The van der Waals surface area contributed by atoms with Gasteiger partial charge in [-0.15, -0.1) is 0 Å². The van der Waals surface area contributed by atoms with Crippen LogP contribution in [0.5, 0.6) is 0 Å². The Morgan fingerprint density at radius 2 is 2.00 bits per heavy atom. The number of primary amides is 1. The third-order valence-electron chi connectivity index (χ3n) is 5.12. The summed E-state index contributed by atoms with van der Waals surface area (Å²) in [5, 5.41) is 3.37. The number of nitrogens with two attached hydrogens (primary N) is 1. The van der Waals surface area contributed by atoms with Gasteiger partial charge in [-0.2, -0.15) is 0 Å². The third kappa shape index (κ3) is 3.53. The predicted octanol–water partition coefficient (Wildman–Crippen LogP) is 2.36. The molecule has 2 fully saturated rings. The van der Waals surface area contributed by atoms with Crippen LogP contribution in [0.25, 0.3) is 0 Å². The molecule has 0 saturated heterocycles. The number of ether oxygens (including phenoxy) is 1. The van der Waals surface area contributed by atoms with Crippen LogP contribution in [0.3, 0.4) is 0 Å². The molecule has 1 amide bonds. The average molecular weight is 282 g/mol. The van der Waals surface area contributed by atoms with Gasteiger partial charge >= 0.3 is 0 Å². The van der Waals surface area contributed by atoms with Crippen LogP contribution in [0.15, 0.2) is 0 Å². The van der Waals surface area contributed by atoms with Crippen LogP contribution < -0.4 is 11.1 Å². The zero-order valence-corrected chi connectivity index (χ0v) is 12.8. The van der Waals surface area contributed by atoms with Gasteiger partial charge in [-0.25, -0.2) is 0 Å². The lowest BCUT2D eigenvalue weighted by molar-refractivity contribution is -0.126. The minimum Gasteiger partial charge on any atom is -0.378 e. The number of carbonyl (C=O) groups excluding carboxylic acids is 1. The van der Waals surface area contributed by atoms with Gasteiger partial charge in [0.15, 0.2) is 0 Å². The molecule has 2 aliphatic carbocycles. The Morgan fingerprint density at radius 3 is 2.65 bits per heavy atom. The first kappa shape index (κ1) is 15.8. The molecule has 2 aliphatic rings. The van der Waals surface area contributed by atoms with E-state index in [1.807, 2.05) is 6.92 Å². The molecule has 2 unspecified atom stereocenters. The molecule has 4 heteroatoms. The fourth-order valence-electron chi connectivity index (χ4n) is 4.04. The SMILES string of the molecule is CCNC1(C(N)=O)CCCC1CCOC1CCCCC1. The van der Waals surface area contributed by atoms with Crippen molar-refractivity contribution in [2.75, 3.05) is 13.2 Å². The quantitative estimate of drug-likeness (QED) is 0.753. The summed E-state index contributed by atoms with van der Waals surface area (Å²) in [5.74, 6) is 0.156. The fourth-order valence-corrected chi connectivity index (χ4v) is 4.04. The molecule has 0 aromatic rings. The molecular formula is C16H30N2O2. The lowest BCUT2D eigenvalue weighted by Gasteiger charge is -2.34. The van der Waals surface area contributed by atoms with Gasteiger partial charge in [0.1, 0.15) is 5.54 Å². The van der Waals surface area contributed by atoms with E-state index in [1.54, 1.807) is 0 Å². The molecule has 0 aromatic heterocycles. The van der Waals surface area contributed by atoms with Gasteiger partial charge in [0.05, 0.1) is 6.10 Å². The molecule has 0 radical (unpaired) electrons. The maximum atomic E-state index is 11.9. The lowest BCUT2D eigenvalue weighted by Crippen LogP contribution is -2.58. The van der Waals surface area contributed by atoms with E-state index < -0.39 is 5.54 Å². The number of carbonyl (C=O) groups is 1. The van der Waals surface area contributed by atoms with E-state index in [9.17, 15) is 4.79 Å². The summed E-state index contributed by atoms with van der Waals surface area (Å²) in [6.45, 7) is 3.61. The van der Waals surface area contributed by atoms with Crippen molar-refractivity contribution in [3.63, 3.8) is 0 Å². The maximum Gasteiger partial charge on any atom is 0.238 e. The van der Waals surface area contributed by atoms with Gasteiger partial charge in [0.2, 0.25) is 5.91 Å². The van der Waals surface area contributed by atoms with Gasteiger partial charge in [0.25, 0.3) is 0 Å². The summed E-state index contributed by atoms with van der Waals surface area (Å²) < 4.78 is 6.02. The number of rotatable bonds is 7. The largest absolute Gasteiger partial charge is 0.378 e. The summed E-state index contributed by atoms with van der Waals surface area (Å²) in [6, 6.07) is 0. The molecule has 2 atom stereocenters. The Kier molecular flexibility index (Phi) is 5.85. The van der Waals surface area contributed by atoms with Crippen molar-refractivity contribution in [3.8, 4) is 0 Å². The van der Waals surface area contributed by atoms with Crippen LogP contribution in [-0.4, -0.2) is 30.7 Å². The minimum absolute atomic E-state index is 0.181. The van der Waals surface area contributed by atoms with Gasteiger partial charge in [-0.1, -0.05) is 32.6 Å². The molecule has 0 aromatic carbocycles. The Labute approximate surface area is 122 Å². The molecule has 0 heterocycles. The summed E-state index contributed by atoms with van der Waals surface area (Å²) in [7, 11) is 0. The molecular weight excluding hydrogens is 252 g/mol. The first-order valence-corrected chi connectivity index (χ1v) is 8.35. The Bertz CT molecular complexity index is 316. The van der Waals surface area contributed by atoms with E-state index in [1.165, 1.54) is 32.1 Å². The lowest BCUT2D eigenvalue weighted by atomic mass is 9.84. The highest BCUT2D eigenvalue weighted by Crippen LogP contribution is 2.38. The van der Waals surface area contributed by atoms with E-state index in [-0.39, 0.29) is 5.91 Å². The zero-order valence-electron chi connectivity index (χ0n) is 12.8. The molecule has 2 saturated carbocycles. The monoisotopic (exact) mass is 282 g/mol. The summed E-state index contributed by atoms with van der Waals surface area (Å²) in [4.78, 5) is 11.9. The van der Waals surface area contributed by atoms with Crippen molar-refractivity contribution in [1.82, 2.24) is 5.32 Å². The standard InChI is InChI=1S/C16H30N2O2/c1-2-18-16(15(17)19)11-6-7-13(16)10-12-20-14-8-4-3-5-9-14/h13-14,18H,2-12H2,1H3,(H2,17,19). The number of hydrogen-bond donors (Lipinski definition) is 2. The van der Waals surface area contributed by atoms with Gasteiger partial charge < -0.3 is 15.8 Å². The highest BCUT2D eigenvalue weighted by atomic mass is 16.5. The molecule has 2 rings (SSSR count). The topological polar surface area (TPSA) is 64.3 Å². The van der Waals surface area contributed by atoms with E-state index in [0.29, 0.717) is 12.0 Å². The summed E-state index contributed by atoms with van der Waals surface area (Å²) in [6.07, 6.45) is 10.8. The van der Waals surface area contributed by atoms with E-state index in [4.69, 9.17) is 10.5 Å². The van der Waals surface area contributed by atoms with Gasteiger partial charge in [-0.05, 0) is 44.6 Å². The second-order valence-electron chi connectivity index (χ2n) is 6.37. The highest BCUT2D eigenvalue weighted by molar-refractivity contribution is 5.85. The second-order valence-corrected chi connectivity index (χ2v) is 6.37. The molecule has 4 nitrogen and oxygen atoms in total. The van der Waals surface area contributed by atoms with Crippen molar-refractivity contribution in [1.29, 1.82) is 0 Å². The Morgan fingerprint density at radius 1 is 1.25 bits per heavy atom. The van der Waals surface area contributed by atoms with E-state index >= 15 is 0 Å². The summed E-state index contributed by atoms with van der Waals surface area (Å²) >= 11 is 0. The molecule has 3 N–H and O–H groups in total. The number of likely N-dealkylation sites (N-methyl/N-ethyl adjacent to an activating group) is 1. The minimum atomic E-state index is -0.481.